The summed E-state index contributed by atoms with van der Waals surface area (Å²) in [7, 11) is 0. The Balaban J connectivity index is 2.23. The minimum Gasteiger partial charge on any atom is -0.375 e. The van der Waals surface area contributed by atoms with Gasteiger partial charge in [-0.25, -0.2) is 0 Å². The maximum atomic E-state index is 4.84. The number of thiocarbonyl (C=S) groups is 1. The van der Waals surface area contributed by atoms with Gasteiger partial charge in [-0.1, -0.05) is 36.0 Å². The van der Waals surface area contributed by atoms with Crippen LogP contribution in [0.15, 0.2) is 34.9 Å². The fourth-order valence-electron chi connectivity index (χ4n) is 2.11. The molecular weight excluding hydrogens is 190 g/mol. The number of fused-ring (bicyclic) bond motifs is 1. The van der Waals surface area contributed by atoms with Crippen molar-refractivity contribution in [1.29, 1.82) is 0 Å². The first kappa shape index (κ1) is 9.66. The summed E-state index contributed by atoms with van der Waals surface area (Å²) in [6.07, 6.45) is 10.3. The molecule has 0 spiro atoms. The van der Waals surface area contributed by atoms with Crippen molar-refractivity contribution in [1.82, 2.24) is 5.32 Å². The molecule has 0 amide bonds. The summed E-state index contributed by atoms with van der Waals surface area (Å²) >= 11 is 4.84. The highest BCUT2D eigenvalue weighted by Crippen LogP contribution is 2.33. The van der Waals surface area contributed by atoms with E-state index in [9.17, 15) is 0 Å². The second-order valence-corrected chi connectivity index (χ2v) is 4.18. The van der Waals surface area contributed by atoms with Gasteiger partial charge in [-0.3, -0.25) is 0 Å². The largest absolute Gasteiger partial charge is 0.375 e. The van der Waals surface area contributed by atoms with Gasteiger partial charge in [0, 0.05) is 0 Å². The lowest BCUT2D eigenvalue weighted by Gasteiger charge is -2.11. The van der Waals surface area contributed by atoms with E-state index in [1.807, 2.05) is 0 Å². The van der Waals surface area contributed by atoms with Crippen LogP contribution in [0.4, 0.5) is 0 Å². The molecule has 2 heteroatoms. The van der Waals surface area contributed by atoms with Crippen molar-refractivity contribution in [3.8, 4) is 0 Å². The molecule has 1 unspecified atom stereocenters. The van der Waals surface area contributed by atoms with Crippen LogP contribution in [0.25, 0.3) is 0 Å². The Kier molecular flexibility index (Phi) is 2.82. The maximum Gasteiger partial charge on any atom is 0.0619 e. The Morgan fingerprint density at radius 2 is 2.36 bits per heavy atom. The molecule has 0 saturated heterocycles. The Hall–Kier alpha value is -0.890. The highest BCUT2D eigenvalue weighted by Gasteiger charge is 2.24. The first-order valence-corrected chi connectivity index (χ1v) is 5.55. The summed E-state index contributed by atoms with van der Waals surface area (Å²) in [5, 5.41) is 3.24. The van der Waals surface area contributed by atoms with Crippen LogP contribution in [0, 0.1) is 0 Å². The minimum atomic E-state index is 0.457. The van der Waals surface area contributed by atoms with Crippen molar-refractivity contribution in [2.45, 2.75) is 32.2 Å². The summed E-state index contributed by atoms with van der Waals surface area (Å²) in [4.78, 5) is 0. The third-order valence-electron chi connectivity index (χ3n) is 2.93. The van der Waals surface area contributed by atoms with E-state index < -0.39 is 0 Å². The van der Waals surface area contributed by atoms with Crippen molar-refractivity contribution in [3.05, 3.63) is 34.9 Å². The van der Waals surface area contributed by atoms with Crippen LogP contribution < -0.4 is 5.32 Å². The van der Waals surface area contributed by atoms with E-state index in [1.54, 1.807) is 5.49 Å². The maximum absolute atomic E-state index is 4.84. The lowest BCUT2D eigenvalue weighted by molar-refractivity contribution is 0.712. The molecule has 0 radical (unpaired) electrons. The fraction of sp³-hybridized carbons (Fsp3) is 0.417. The SMILES string of the molecule is CC1=CC=C2CCC(NC=S)C2=CC1. The predicted octanol–water partition coefficient (Wildman–Crippen LogP) is 2.90. The smallest absolute Gasteiger partial charge is 0.0619 e. The number of rotatable bonds is 2. The molecule has 0 aromatic rings. The minimum absolute atomic E-state index is 0.457. The second kappa shape index (κ2) is 4.09. The van der Waals surface area contributed by atoms with E-state index in [0.29, 0.717) is 6.04 Å². The molecule has 0 aliphatic heterocycles. The number of nitrogens with one attached hydrogen (secondary N) is 1. The average Bonchev–Trinajstić information content (AvgIpc) is 2.45. The van der Waals surface area contributed by atoms with Crippen LogP contribution in [0.1, 0.15) is 26.2 Å². The monoisotopic (exact) mass is 205 g/mol. The zero-order valence-corrected chi connectivity index (χ0v) is 9.23. The lowest BCUT2D eigenvalue weighted by atomic mass is 10.1. The molecule has 2 aliphatic carbocycles. The molecule has 2 aliphatic rings. The molecule has 0 bridgehead atoms. The van der Waals surface area contributed by atoms with E-state index in [4.69, 9.17) is 12.2 Å². The number of allylic oxidation sites excluding steroid dienone is 4. The highest BCUT2D eigenvalue weighted by molar-refractivity contribution is 7.78. The van der Waals surface area contributed by atoms with Gasteiger partial charge < -0.3 is 5.32 Å². The number of hydrogen-bond acceptors (Lipinski definition) is 1. The summed E-state index contributed by atoms with van der Waals surface area (Å²) in [5.74, 6) is 0. The molecule has 1 nitrogen and oxygen atoms in total. The van der Waals surface area contributed by atoms with Crippen LogP contribution in [0.3, 0.4) is 0 Å². The summed E-state index contributed by atoms with van der Waals surface area (Å²) < 4.78 is 0. The van der Waals surface area contributed by atoms with Crippen LogP contribution in [-0.2, 0) is 0 Å². The number of hydrogen-bond donors (Lipinski definition) is 1. The third kappa shape index (κ3) is 1.80. The van der Waals surface area contributed by atoms with Gasteiger partial charge >= 0.3 is 0 Å². The topological polar surface area (TPSA) is 12.0 Å². The molecule has 0 heterocycles. The molecule has 74 valence electrons. The van der Waals surface area contributed by atoms with E-state index in [1.165, 1.54) is 29.6 Å². The Labute approximate surface area is 90.6 Å². The van der Waals surface area contributed by atoms with Gasteiger partial charge in [-0.15, -0.1) is 0 Å². The van der Waals surface area contributed by atoms with Gasteiger partial charge in [-0.05, 0) is 37.3 Å². The van der Waals surface area contributed by atoms with Gasteiger partial charge in [0.1, 0.15) is 0 Å². The Morgan fingerprint density at radius 1 is 1.50 bits per heavy atom. The molecule has 1 atom stereocenters. The summed E-state index contributed by atoms with van der Waals surface area (Å²) in [6.45, 7) is 2.18. The lowest BCUT2D eigenvalue weighted by Crippen LogP contribution is -2.25. The van der Waals surface area contributed by atoms with Gasteiger partial charge in [0.15, 0.2) is 0 Å². The standard InChI is InChI=1S/C12H15NS/c1-9-2-4-10-5-7-12(13-8-14)11(10)6-3-9/h2,4,6,8,12H,3,5,7H2,1H3,(H,13,14). The Morgan fingerprint density at radius 3 is 3.14 bits per heavy atom. The zero-order chi connectivity index (χ0) is 9.97. The summed E-state index contributed by atoms with van der Waals surface area (Å²) in [6, 6.07) is 0.457. The van der Waals surface area contributed by atoms with Crippen LogP contribution in [0.5, 0.6) is 0 Å². The first-order valence-electron chi connectivity index (χ1n) is 5.07. The van der Waals surface area contributed by atoms with Gasteiger partial charge in [0.05, 0.1) is 11.5 Å². The molecule has 1 fully saturated rings. The zero-order valence-electron chi connectivity index (χ0n) is 8.42. The van der Waals surface area contributed by atoms with Crippen molar-refractivity contribution in [2.24, 2.45) is 0 Å². The Bertz CT molecular complexity index is 336. The van der Waals surface area contributed by atoms with Crippen molar-refractivity contribution in [2.75, 3.05) is 0 Å². The predicted molar refractivity (Wildman–Crippen MR) is 64.4 cm³/mol. The molecule has 1 N–H and O–H groups in total. The fourth-order valence-corrected chi connectivity index (χ4v) is 2.28. The molecule has 0 aromatic heterocycles. The van der Waals surface area contributed by atoms with E-state index in [0.717, 1.165) is 6.42 Å². The van der Waals surface area contributed by atoms with Crippen LogP contribution >= 0.6 is 12.2 Å². The van der Waals surface area contributed by atoms with E-state index in [2.05, 4.69) is 30.5 Å². The summed E-state index contributed by atoms with van der Waals surface area (Å²) in [5.41, 5.74) is 6.01. The van der Waals surface area contributed by atoms with E-state index >= 15 is 0 Å². The van der Waals surface area contributed by atoms with Crippen LogP contribution in [0.2, 0.25) is 0 Å². The third-order valence-corrected chi connectivity index (χ3v) is 3.07. The second-order valence-electron chi connectivity index (χ2n) is 3.94. The molecule has 2 rings (SSSR count). The van der Waals surface area contributed by atoms with E-state index in [-0.39, 0.29) is 0 Å². The van der Waals surface area contributed by atoms with Gasteiger partial charge in [0.2, 0.25) is 0 Å². The average molecular weight is 205 g/mol. The quantitative estimate of drug-likeness (QED) is 0.696. The molecule has 0 aromatic carbocycles. The molecule has 1 saturated carbocycles. The molecular formula is C12H15NS. The van der Waals surface area contributed by atoms with Crippen molar-refractivity contribution in [3.63, 3.8) is 0 Å². The van der Waals surface area contributed by atoms with Crippen molar-refractivity contribution < 1.29 is 0 Å². The van der Waals surface area contributed by atoms with Crippen molar-refractivity contribution >= 4 is 17.7 Å². The molecule has 14 heavy (non-hydrogen) atoms. The van der Waals surface area contributed by atoms with Gasteiger partial charge in [-0.2, -0.15) is 0 Å². The normalized spacial score (nSPS) is 25.5. The first-order chi connectivity index (χ1) is 6.81. The van der Waals surface area contributed by atoms with Crippen LogP contribution in [-0.4, -0.2) is 11.5 Å². The van der Waals surface area contributed by atoms with Gasteiger partial charge in [0.25, 0.3) is 0 Å². The highest BCUT2D eigenvalue weighted by atomic mass is 32.1.